The van der Waals surface area contributed by atoms with Gasteiger partial charge in [0.05, 0.1) is 18.2 Å². The summed E-state index contributed by atoms with van der Waals surface area (Å²) in [4.78, 5) is 49.2. The molecule has 1 saturated heterocycles. The van der Waals surface area contributed by atoms with E-state index in [1.54, 1.807) is 18.2 Å². The first-order chi connectivity index (χ1) is 17.0. The molecule has 2 N–H and O–H groups in total. The van der Waals surface area contributed by atoms with Gasteiger partial charge in [-0.3, -0.25) is 19.0 Å². The number of hydrogen-bond donors (Lipinski definition) is 2. The highest BCUT2D eigenvalue weighted by molar-refractivity contribution is 7.22. The molecule has 0 radical (unpaired) electrons. The molecule has 1 aromatic carbocycles. The summed E-state index contributed by atoms with van der Waals surface area (Å²) in [5.74, 6) is 0.243. The number of amides is 2. The van der Waals surface area contributed by atoms with Crippen LogP contribution in [0.2, 0.25) is 0 Å². The Morgan fingerprint density at radius 2 is 2.06 bits per heavy atom. The first-order valence-electron chi connectivity index (χ1n) is 11.9. The molecule has 1 saturated carbocycles. The molecule has 1 aliphatic heterocycles. The number of thiazole rings is 1. The fraction of sp³-hybridized carbons (Fsp3) is 0.458. The van der Waals surface area contributed by atoms with E-state index in [2.05, 4.69) is 25.5 Å². The number of anilines is 2. The van der Waals surface area contributed by atoms with Gasteiger partial charge in [0.15, 0.2) is 10.8 Å². The van der Waals surface area contributed by atoms with Crippen molar-refractivity contribution in [2.45, 2.75) is 45.2 Å². The highest BCUT2D eigenvalue weighted by Gasteiger charge is 2.31. The van der Waals surface area contributed by atoms with Crippen LogP contribution in [-0.4, -0.2) is 52.1 Å². The van der Waals surface area contributed by atoms with Crippen molar-refractivity contribution in [2.24, 2.45) is 5.92 Å². The van der Waals surface area contributed by atoms with Crippen molar-refractivity contribution in [2.75, 3.05) is 29.9 Å². The Morgan fingerprint density at radius 3 is 2.86 bits per heavy atom. The van der Waals surface area contributed by atoms with Gasteiger partial charge in [0.2, 0.25) is 11.8 Å². The van der Waals surface area contributed by atoms with Gasteiger partial charge in [0, 0.05) is 19.1 Å². The smallest absolute Gasteiger partial charge is 0.273 e. The molecule has 10 nitrogen and oxygen atoms in total. The molecule has 2 fully saturated rings. The molecule has 0 spiro atoms. The summed E-state index contributed by atoms with van der Waals surface area (Å²) in [5.41, 5.74) is 0.594. The van der Waals surface area contributed by atoms with Crippen molar-refractivity contribution in [3.63, 3.8) is 0 Å². The number of rotatable bonds is 8. The summed E-state index contributed by atoms with van der Waals surface area (Å²) in [6.07, 6.45) is 5.22. The number of piperidine rings is 1. The first kappa shape index (κ1) is 23.3. The molecule has 2 aliphatic rings. The summed E-state index contributed by atoms with van der Waals surface area (Å²) < 4.78 is 7.22. The number of ether oxygens (including phenoxy) is 1. The molecule has 184 valence electrons. The lowest BCUT2D eigenvalue weighted by atomic mass is 9.97. The van der Waals surface area contributed by atoms with Crippen LogP contribution in [0.3, 0.4) is 0 Å². The number of benzene rings is 1. The Balaban J connectivity index is 1.29. The fourth-order valence-corrected chi connectivity index (χ4v) is 5.19. The van der Waals surface area contributed by atoms with Gasteiger partial charge in [-0.2, -0.15) is 4.98 Å². The maximum atomic E-state index is 13.1. The lowest BCUT2D eigenvalue weighted by Crippen LogP contribution is -2.43. The molecular formula is C24H28N6O4S. The minimum absolute atomic E-state index is 0.0794. The van der Waals surface area contributed by atoms with Gasteiger partial charge in [-0.15, -0.1) is 0 Å². The highest BCUT2D eigenvalue weighted by Crippen LogP contribution is 2.30. The lowest BCUT2D eigenvalue weighted by Gasteiger charge is -2.31. The van der Waals surface area contributed by atoms with Gasteiger partial charge in [-0.1, -0.05) is 23.5 Å². The normalized spacial score (nSPS) is 17.9. The van der Waals surface area contributed by atoms with Crippen LogP contribution >= 0.6 is 11.3 Å². The molecular weight excluding hydrogens is 468 g/mol. The van der Waals surface area contributed by atoms with Gasteiger partial charge < -0.3 is 20.3 Å². The zero-order valence-electron chi connectivity index (χ0n) is 19.5. The number of hydrogen-bond acceptors (Lipinski definition) is 8. The monoisotopic (exact) mass is 496 g/mol. The van der Waals surface area contributed by atoms with Crippen LogP contribution in [-0.2, 0) is 16.1 Å². The SMILES string of the molecule is CCOc1ccccc1NC(=O)Cn1cnc2nc(N3CCC[C@@H](C(=O)NC4CC4)C3)sc2c1=O. The fourth-order valence-electron chi connectivity index (χ4n) is 4.19. The molecule has 0 bridgehead atoms. The van der Waals surface area contributed by atoms with Crippen molar-refractivity contribution in [1.82, 2.24) is 19.9 Å². The summed E-state index contributed by atoms with van der Waals surface area (Å²) in [6, 6.07) is 7.50. The first-order valence-corrected chi connectivity index (χ1v) is 12.8. The van der Waals surface area contributed by atoms with Gasteiger partial charge in [0.25, 0.3) is 5.56 Å². The van der Waals surface area contributed by atoms with Gasteiger partial charge in [-0.25, -0.2) is 4.98 Å². The number of aromatic nitrogens is 3. The number of carbonyl (C=O) groups is 2. The zero-order valence-corrected chi connectivity index (χ0v) is 20.3. The van der Waals surface area contributed by atoms with Crippen LogP contribution in [0.4, 0.5) is 10.8 Å². The number of nitrogens with zero attached hydrogens (tertiary/aromatic N) is 4. The lowest BCUT2D eigenvalue weighted by molar-refractivity contribution is -0.125. The second-order valence-corrected chi connectivity index (χ2v) is 9.85. The quantitative estimate of drug-likeness (QED) is 0.492. The number of carbonyl (C=O) groups excluding carboxylic acids is 2. The highest BCUT2D eigenvalue weighted by atomic mass is 32.1. The molecule has 35 heavy (non-hydrogen) atoms. The van der Waals surface area contributed by atoms with Crippen molar-refractivity contribution in [3.8, 4) is 5.75 Å². The molecule has 1 aliphatic carbocycles. The molecule has 0 unspecified atom stereocenters. The summed E-state index contributed by atoms with van der Waals surface area (Å²) in [7, 11) is 0. The van der Waals surface area contributed by atoms with E-state index < -0.39 is 0 Å². The Kier molecular flexibility index (Phi) is 6.67. The predicted octanol–water partition coefficient (Wildman–Crippen LogP) is 2.39. The third-order valence-corrected chi connectivity index (χ3v) is 7.23. The number of fused-ring (bicyclic) bond motifs is 1. The molecule has 5 rings (SSSR count). The Labute approximate surface area is 206 Å². The second kappa shape index (κ2) is 10.0. The van der Waals surface area contributed by atoms with Crippen molar-refractivity contribution in [1.29, 1.82) is 0 Å². The Morgan fingerprint density at radius 1 is 1.23 bits per heavy atom. The standard InChI is InChI=1S/C24H28N6O4S/c1-2-34-18-8-4-3-7-17(18)27-19(31)13-30-14-25-21-20(23(30)33)35-24(28-21)29-11-5-6-15(12-29)22(32)26-16-9-10-16/h3-4,7-8,14-16H,2,5-6,9-13H2,1H3,(H,26,32)(H,27,31)/t15-/m1/s1. The van der Waals surface area contributed by atoms with Crippen molar-refractivity contribution >= 4 is 44.3 Å². The van der Waals surface area contributed by atoms with E-state index >= 15 is 0 Å². The maximum Gasteiger partial charge on any atom is 0.273 e. The average molecular weight is 497 g/mol. The van der Waals surface area contributed by atoms with E-state index in [1.807, 2.05) is 13.0 Å². The second-order valence-electron chi connectivity index (χ2n) is 8.87. The van der Waals surface area contributed by atoms with E-state index in [4.69, 9.17) is 4.74 Å². The van der Waals surface area contributed by atoms with E-state index in [0.29, 0.717) is 46.1 Å². The van der Waals surface area contributed by atoms with Crippen LogP contribution < -0.4 is 25.8 Å². The minimum atomic E-state index is -0.356. The molecule has 11 heteroatoms. The summed E-state index contributed by atoms with van der Waals surface area (Å²) in [5, 5.41) is 6.57. The average Bonchev–Trinajstić information content (AvgIpc) is 3.56. The molecule has 2 amide bonds. The van der Waals surface area contributed by atoms with E-state index in [-0.39, 0.29) is 29.8 Å². The zero-order chi connectivity index (χ0) is 24.4. The largest absolute Gasteiger partial charge is 0.492 e. The van der Waals surface area contributed by atoms with Gasteiger partial charge in [0.1, 0.15) is 23.3 Å². The predicted molar refractivity (Wildman–Crippen MR) is 134 cm³/mol. The van der Waals surface area contributed by atoms with Crippen molar-refractivity contribution < 1.29 is 14.3 Å². The van der Waals surface area contributed by atoms with Crippen LogP contribution in [0, 0.1) is 5.92 Å². The summed E-state index contributed by atoms with van der Waals surface area (Å²) >= 11 is 1.26. The van der Waals surface area contributed by atoms with E-state index in [0.717, 1.165) is 32.2 Å². The van der Waals surface area contributed by atoms with Crippen molar-refractivity contribution in [3.05, 3.63) is 40.9 Å². The van der Waals surface area contributed by atoms with Gasteiger partial charge in [-0.05, 0) is 44.7 Å². The maximum absolute atomic E-state index is 13.1. The molecule has 1 atom stereocenters. The third-order valence-electron chi connectivity index (χ3n) is 6.13. The topological polar surface area (TPSA) is 118 Å². The molecule has 2 aromatic heterocycles. The van der Waals surface area contributed by atoms with Gasteiger partial charge >= 0.3 is 0 Å². The molecule has 3 heterocycles. The number of nitrogens with one attached hydrogen (secondary N) is 2. The van der Waals surface area contributed by atoms with E-state index in [1.165, 1.54) is 22.2 Å². The third kappa shape index (κ3) is 5.29. The number of para-hydroxylation sites is 2. The van der Waals surface area contributed by atoms with Crippen LogP contribution in [0.25, 0.3) is 10.3 Å². The molecule has 3 aromatic rings. The summed E-state index contributed by atoms with van der Waals surface area (Å²) in [6.45, 7) is 3.53. The minimum Gasteiger partial charge on any atom is -0.492 e. The van der Waals surface area contributed by atoms with Crippen LogP contribution in [0.5, 0.6) is 5.75 Å². The van der Waals surface area contributed by atoms with Crippen LogP contribution in [0.1, 0.15) is 32.6 Å². The van der Waals surface area contributed by atoms with E-state index in [9.17, 15) is 14.4 Å². The Bertz CT molecular complexity index is 1300. The Hall–Kier alpha value is -3.47. The van der Waals surface area contributed by atoms with Crippen LogP contribution in [0.15, 0.2) is 35.4 Å².